The Morgan fingerprint density at radius 3 is 2.71 bits per heavy atom. The predicted molar refractivity (Wildman–Crippen MR) is 68.6 cm³/mol. The number of hydrogen-bond acceptors (Lipinski definition) is 2. The molecule has 0 saturated carbocycles. The van der Waals surface area contributed by atoms with Crippen LogP contribution >= 0.6 is 11.6 Å². The lowest BCUT2D eigenvalue weighted by molar-refractivity contribution is 0.146. The molecule has 0 amide bonds. The van der Waals surface area contributed by atoms with Crippen molar-refractivity contribution in [1.82, 2.24) is 5.32 Å². The standard InChI is InChI=1S/C13H19ClFNO/c1-9(2)5-12(17)8-16-7-10-3-4-11(15)6-13(10)14/h3-4,6,9,12,16-17H,5,7-8H2,1-2H3. The van der Waals surface area contributed by atoms with Gasteiger partial charge in [0.05, 0.1) is 6.10 Å². The fourth-order valence-corrected chi connectivity index (χ4v) is 1.90. The number of aliphatic hydroxyl groups is 1. The highest BCUT2D eigenvalue weighted by molar-refractivity contribution is 6.31. The minimum Gasteiger partial charge on any atom is -0.392 e. The molecule has 1 aromatic rings. The van der Waals surface area contributed by atoms with Gasteiger partial charge in [0.1, 0.15) is 5.82 Å². The third-order valence-electron chi connectivity index (χ3n) is 2.45. The van der Waals surface area contributed by atoms with Crippen molar-refractivity contribution < 1.29 is 9.50 Å². The minimum absolute atomic E-state index is 0.335. The van der Waals surface area contributed by atoms with Crippen LogP contribution in [0.1, 0.15) is 25.8 Å². The van der Waals surface area contributed by atoms with E-state index < -0.39 is 0 Å². The summed E-state index contributed by atoms with van der Waals surface area (Å²) in [5.41, 5.74) is 0.838. The summed E-state index contributed by atoms with van der Waals surface area (Å²) in [6.45, 7) is 5.19. The molecule has 0 saturated heterocycles. The lowest BCUT2D eigenvalue weighted by atomic mass is 10.1. The van der Waals surface area contributed by atoms with Gasteiger partial charge in [-0.25, -0.2) is 4.39 Å². The van der Waals surface area contributed by atoms with Crippen LogP contribution in [0.2, 0.25) is 5.02 Å². The second kappa shape index (κ2) is 6.94. The molecule has 0 aromatic heterocycles. The zero-order valence-electron chi connectivity index (χ0n) is 10.2. The number of hydrogen-bond donors (Lipinski definition) is 2. The molecule has 0 heterocycles. The van der Waals surface area contributed by atoms with Gasteiger partial charge in [-0.1, -0.05) is 31.5 Å². The summed E-state index contributed by atoms with van der Waals surface area (Å²) in [7, 11) is 0. The van der Waals surface area contributed by atoms with Gasteiger partial charge in [0.25, 0.3) is 0 Å². The second-order valence-corrected chi connectivity index (χ2v) is 5.06. The predicted octanol–water partition coefficient (Wildman–Crippen LogP) is 2.98. The Labute approximate surface area is 107 Å². The Morgan fingerprint density at radius 2 is 2.12 bits per heavy atom. The average molecular weight is 260 g/mol. The Bertz CT molecular complexity index is 357. The highest BCUT2D eigenvalue weighted by Gasteiger charge is 2.07. The minimum atomic E-state index is -0.353. The molecular formula is C13H19ClFNO. The molecular weight excluding hydrogens is 241 g/mol. The largest absolute Gasteiger partial charge is 0.392 e. The van der Waals surface area contributed by atoms with Crippen molar-refractivity contribution in [2.45, 2.75) is 32.9 Å². The number of aliphatic hydroxyl groups excluding tert-OH is 1. The molecule has 0 aliphatic rings. The fourth-order valence-electron chi connectivity index (χ4n) is 1.67. The van der Waals surface area contributed by atoms with Gasteiger partial charge < -0.3 is 10.4 Å². The summed E-state index contributed by atoms with van der Waals surface area (Å²) in [5, 5.41) is 13.2. The van der Waals surface area contributed by atoms with E-state index in [0.29, 0.717) is 24.0 Å². The van der Waals surface area contributed by atoms with Gasteiger partial charge in [-0.3, -0.25) is 0 Å². The smallest absolute Gasteiger partial charge is 0.124 e. The van der Waals surface area contributed by atoms with Gasteiger partial charge in [0, 0.05) is 18.1 Å². The Morgan fingerprint density at radius 1 is 1.41 bits per heavy atom. The van der Waals surface area contributed by atoms with Gasteiger partial charge >= 0.3 is 0 Å². The molecule has 1 aromatic carbocycles. The highest BCUT2D eigenvalue weighted by atomic mass is 35.5. The van der Waals surface area contributed by atoms with Gasteiger partial charge in [0.2, 0.25) is 0 Å². The Balaban J connectivity index is 2.35. The topological polar surface area (TPSA) is 32.3 Å². The van der Waals surface area contributed by atoms with E-state index in [1.165, 1.54) is 12.1 Å². The first-order valence-electron chi connectivity index (χ1n) is 5.81. The summed E-state index contributed by atoms with van der Waals surface area (Å²) in [6, 6.07) is 4.33. The van der Waals surface area contributed by atoms with Crippen molar-refractivity contribution in [2.24, 2.45) is 5.92 Å². The molecule has 0 aliphatic heterocycles. The van der Waals surface area contributed by atoms with Crippen LogP contribution in [0.25, 0.3) is 0 Å². The van der Waals surface area contributed by atoms with Crippen molar-refractivity contribution in [3.8, 4) is 0 Å². The van der Waals surface area contributed by atoms with Crippen molar-refractivity contribution in [2.75, 3.05) is 6.54 Å². The van der Waals surface area contributed by atoms with Gasteiger partial charge in [-0.15, -0.1) is 0 Å². The van der Waals surface area contributed by atoms with E-state index in [2.05, 4.69) is 19.2 Å². The number of rotatable bonds is 6. The molecule has 17 heavy (non-hydrogen) atoms. The number of benzene rings is 1. The van der Waals surface area contributed by atoms with Crippen LogP contribution in [0.4, 0.5) is 4.39 Å². The average Bonchev–Trinajstić information content (AvgIpc) is 2.20. The quantitative estimate of drug-likeness (QED) is 0.823. The lowest BCUT2D eigenvalue weighted by Gasteiger charge is -2.14. The van der Waals surface area contributed by atoms with Crippen molar-refractivity contribution in [1.29, 1.82) is 0 Å². The molecule has 0 bridgehead atoms. The summed E-state index contributed by atoms with van der Waals surface area (Å²) in [6.07, 6.45) is 0.415. The van der Waals surface area contributed by atoms with Crippen LogP contribution in [-0.2, 0) is 6.54 Å². The third-order valence-corrected chi connectivity index (χ3v) is 2.81. The molecule has 0 fully saturated rings. The van der Waals surface area contributed by atoms with E-state index in [1.807, 2.05) is 0 Å². The van der Waals surface area contributed by atoms with Crippen LogP contribution in [0.5, 0.6) is 0 Å². The lowest BCUT2D eigenvalue weighted by Crippen LogP contribution is -2.27. The molecule has 0 spiro atoms. The first kappa shape index (κ1) is 14.4. The highest BCUT2D eigenvalue weighted by Crippen LogP contribution is 2.16. The maximum atomic E-state index is 12.8. The molecule has 96 valence electrons. The van der Waals surface area contributed by atoms with E-state index in [4.69, 9.17) is 11.6 Å². The van der Waals surface area contributed by atoms with E-state index >= 15 is 0 Å². The third kappa shape index (κ3) is 5.48. The normalized spacial score (nSPS) is 13.1. The molecule has 1 unspecified atom stereocenters. The molecule has 1 atom stereocenters. The Kier molecular flexibility index (Phi) is 5.89. The zero-order valence-corrected chi connectivity index (χ0v) is 11.0. The zero-order chi connectivity index (χ0) is 12.8. The monoisotopic (exact) mass is 259 g/mol. The van der Waals surface area contributed by atoms with Crippen LogP contribution < -0.4 is 5.32 Å². The molecule has 2 N–H and O–H groups in total. The summed E-state index contributed by atoms with van der Waals surface area (Å²) < 4.78 is 12.8. The number of nitrogens with one attached hydrogen (secondary N) is 1. The van der Waals surface area contributed by atoms with E-state index in [0.717, 1.165) is 12.0 Å². The van der Waals surface area contributed by atoms with Crippen molar-refractivity contribution in [3.63, 3.8) is 0 Å². The number of halogens is 2. The Hall–Kier alpha value is -0.640. The van der Waals surface area contributed by atoms with Gasteiger partial charge in [0.15, 0.2) is 0 Å². The van der Waals surface area contributed by atoms with Crippen LogP contribution in [0.15, 0.2) is 18.2 Å². The van der Waals surface area contributed by atoms with E-state index in [-0.39, 0.29) is 11.9 Å². The summed E-state index contributed by atoms with van der Waals surface area (Å²) in [5.74, 6) is 0.139. The van der Waals surface area contributed by atoms with Crippen LogP contribution in [0.3, 0.4) is 0 Å². The second-order valence-electron chi connectivity index (χ2n) is 4.65. The SMILES string of the molecule is CC(C)CC(O)CNCc1ccc(F)cc1Cl. The van der Waals surface area contributed by atoms with Gasteiger partial charge in [-0.05, 0) is 30.0 Å². The molecule has 0 radical (unpaired) electrons. The fraction of sp³-hybridized carbons (Fsp3) is 0.538. The van der Waals surface area contributed by atoms with Gasteiger partial charge in [-0.2, -0.15) is 0 Å². The van der Waals surface area contributed by atoms with E-state index in [9.17, 15) is 9.50 Å². The molecule has 2 nitrogen and oxygen atoms in total. The first-order chi connectivity index (χ1) is 7.99. The first-order valence-corrected chi connectivity index (χ1v) is 6.19. The maximum absolute atomic E-state index is 12.8. The molecule has 0 aliphatic carbocycles. The van der Waals surface area contributed by atoms with E-state index in [1.54, 1.807) is 6.07 Å². The maximum Gasteiger partial charge on any atom is 0.124 e. The van der Waals surface area contributed by atoms with Crippen molar-refractivity contribution in [3.05, 3.63) is 34.6 Å². The summed E-state index contributed by atoms with van der Waals surface area (Å²) >= 11 is 5.89. The summed E-state index contributed by atoms with van der Waals surface area (Å²) in [4.78, 5) is 0. The van der Waals surface area contributed by atoms with Crippen LogP contribution in [0, 0.1) is 11.7 Å². The molecule has 1 rings (SSSR count). The van der Waals surface area contributed by atoms with Crippen LogP contribution in [-0.4, -0.2) is 17.8 Å². The van der Waals surface area contributed by atoms with Crippen molar-refractivity contribution >= 4 is 11.6 Å². The molecule has 4 heteroatoms.